The van der Waals surface area contributed by atoms with E-state index in [-0.39, 0.29) is 0 Å². The van der Waals surface area contributed by atoms with Crippen LogP contribution in [0.3, 0.4) is 0 Å². The maximum Gasteiger partial charge on any atom is 0.0642 e. The van der Waals surface area contributed by atoms with Crippen molar-refractivity contribution in [1.82, 2.24) is 5.32 Å². The first kappa shape index (κ1) is 15.2. The van der Waals surface area contributed by atoms with Crippen LogP contribution in [0.2, 0.25) is 5.02 Å². The number of rotatable bonds is 6. The molecule has 2 fully saturated rings. The van der Waals surface area contributed by atoms with Crippen LogP contribution in [0.4, 0.5) is 5.69 Å². The zero-order valence-corrected chi connectivity index (χ0v) is 14.0. The highest BCUT2D eigenvalue weighted by Crippen LogP contribution is 2.42. The molecule has 116 valence electrons. The summed E-state index contributed by atoms with van der Waals surface area (Å²) in [6.45, 7) is 7.90. The lowest BCUT2D eigenvalue weighted by atomic mass is 9.82. The van der Waals surface area contributed by atoms with Crippen LogP contribution in [0.5, 0.6) is 0 Å². The zero-order chi connectivity index (χ0) is 14.9. The molecule has 0 amide bonds. The first-order valence-corrected chi connectivity index (χ1v) is 8.81. The monoisotopic (exact) mass is 306 g/mol. The molecule has 0 atom stereocenters. The van der Waals surface area contributed by atoms with Gasteiger partial charge in [0.2, 0.25) is 0 Å². The van der Waals surface area contributed by atoms with Gasteiger partial charge in [0.1, 0.15) is 0 Å². The maximum absolute atomic E-state index is 6.55. The van der Waals surface area contributed by atoms with Gasteiger partial charge in [-0.25, -0.2) is 0 Å². The molecule has 1 N–H and O–H groups in total. The first-order valence-electron chi connectivity index (χ1n) is 8.43. The Bertz CT molecular complexity index is 492. The standard InChI is InChI=1S/C18H27ClN2/c1-3-18(4-2)10-11-21(13-18)17-14(6-5-7-16(17)19)12-20-15-8-9-15/h5-7,15,20H,3-4,8-13H2,1-2H3. The summed E-state index contributed by atoms with van der Waals surface area (Å²) in [5, 5.41) is 4.54. The van der Waals surface area contributed by atoms with Gasteiger partial charge in [-0.05, 0) is 49.1 Å². The molecule has 21 heavy (non-hydrogen) atoms. The molecule has 2 aliphatic rings. The third kappa shape index (κ3) is 3.22. The summed E-state index contributed by atoms with van der Waals surface area (Å²) in [7, 11) is 0. The van der Waals surface area contributed by atoms with Crippen molar-refractivity contribution in [2.75, 3.05) is 18.0 Å². The van der Waals surface area contributed by atoms with E-state index in [9.17, 15) is 0 Å². The molecule has 3 heteroatoms. The van der Waals surface area contributed by atoms with Crippen molar-refractivity contribution in [1.29, 1.82) is 0 Å². The first-order chi connectivity index (χ1) is 10.2. The van der Waals surface area contributed by atoms with Gasteiger partial charge >= 0.3 is 0 Å². The minimum Gasteiger partial charge on any atom is -0.369 e. The number of halogens is 1. The van der Waals surface area contributed by atoms with Crippen molar-refractivity contribution in [2.45, 2.75) is 58.5 Å². The van der Waals surface area contributed by atoms with Gasteiger partial charge in [0.15, 0.2) is 0 Å². The third-order valence-electron chi connectivity index (χ3n) is 5.48. The number of benzene rings is 1. The van der Waals surface area contributed by atoms with E-state index in [1.165, 1.54) is 43.4 Å². The Kier molecular flexibility index (Phi) is 4.46. The molecular formula is C18H27ClN2. The van der Waals surface area contributed by atoms with E-state index in [0.29, 0.717) is 5.41 Å². The molecule has 2 nitrogen and oxygen atoms in total. The van der Waals surface area contributed by atoms with Gasteiger partial charge in [-0.3, -0.25) is 0 Å². The number of anilines is 1. The maximum atomic E-state index is 6.55. The second kappa shape index (κ2) is 6.18. The second-order valence-electron chi connectivity index (χ2n) is 6.78. The fraction of sp³-hybridized carbons (Fsp3) is 0.667. The summed E-state index contributed by atoms with van der Waals surface area (Å²) >= 11 is 6.55. The number of hydrogen-bond donors (Lipinski definition) is 1. The van der Waals surface area contributed by atoms with Gasteiger partial charge in [0.25, 0.3) is 0 Å². The molecule has 1 aromatic rings. The quantitative estimate of drug-likeness (QED) is 0.825. The van der Waals surface area contributed by atoms with Crippen molar-refractivity contribution in [2.24, 2.45) is 5.41 Å². The van der Waals surface area contributed by atoms with Gasteiger partial charge in [0, 0.05) is 25.7 Å². The lowest BCUT2D eigenvalue weighted by Gasteiger charge is -2.29. The predicted octanol–water partition coefficient (Wildman–Crippen LogP) is 4.61. The van der Waals surface area contributed by atoms with Crippen molar-refractivity contribution in [3.63, 3.8) is 0 Å². The van der Waals surface area contributed by atoms with E-state index < -0.39 is 0 Å². The van der Waals surface area contributed by atoms with Crippen molar-refractivity contribution >= 4 is 17.3 Å². The molecule has 1 heterocycles. The molecule has 3 rings (SSSR count). The minimum absolute atomic E-state index is 0.486. The average molecular weight is 307 g/mol. The fourth-order valence-electron chi connectivity index (χ4n) is 3.55. The second-order valence-corrected chi connectivity index (χ2v) is 7.19. The summed E-state index contributed by atoms with van der Waals surface area (Å²) in [6, 6.07) is 7.09. The third-order valence-corrected chi connectivity index (χ3v) is 5.79. The number of hydrogen-bond acceptors (Lipinski definition) is 2. The molecule has 0 bridgehead atoms. The summed E-state index contributed by atoms with van der Waals surface area (Å²) < 4.78 is 0. The average Bonchev–Trinajstić information content (AvgIpc) is 3.24. The van der Waals surface area contributed by atoms with Crippen LogP contribution in [-0.4, -0.2) is 19.1 Å². The van der Waals surface area contributed by atoms with E-state index in [1.807, 2.05) is 6.07 Å². The highest BCUT2D eigenvalue weighted by molar-refractivity contribution is 6.33. The molecule has 1 aliphatic carbocycles. The molecule has 1 saturated carbocycles. The molecule has 0 radical (unpaired) electrons. The van der Waals surface area contributed by atoms with Gasteiger partial charge in [0.05, 0.1) is 10.7 Å². The van der Waals surface area contributed by atoms with E-state index in [0.717, 1.165) is 30.7 Å². The number of nitrogens with one attached hydrogen (secondary N) is 1. The van der Waals surface area contributed by atoms with Gasteiger partial charge in [-0.15, -0.1) is 0 Å². The summed E-state index contributed by atoms with van der Waals surface area (Å²) in [4.78, 5) is 2.53. The molecule has 1 aliphatic heterocycles. The van der Waals surface area contributed by atoms with Gasteiger partial charge in [-0.1, -0.05) is 37.6 Å². The van der Waals surface area contributed by atoms with Crippen LogP contribution >= 0.6 is 11.6 Å². The Morgan fingerprint density at radius 1 is 1.29 bits per heavy atom. The van der Waals surface area contributed by atoms with Crippen molar-refractivity contribution in [3.05, 3.63) is 28.8 Å². The smallest absolute Gasteiger partial charge is 0.0642 e. The van der Waals surface area contributed by atoms with Crippen LogP contribution in [0.15, 0.2) is 18.2 Å². The Balaban J connectivity index is 1.80. The van der Waals surface area contributed by atoms with E-state index in [4.69, 9.17) is 11.6 Å². The van der Waals surface area contributed by atoms with Crippen molar-refractivity contribution in [3.8, 4) is 0 Å². The topological polar surface area (TPSA) is 15.3 Å². The van der Waals surface area contributed by atoms with Crippen LogP contribution in [0.1, 0.15) is 51.5 Å². The normalized spacial score (nSPS) is 21.0. The predicted molar refractivity (Wildman–Crippen MR) is 91.2 cm³/mol. The summed E-state index contributed by atoms with van der Waals surface area (Å²) in [5.41, 5.74) is 3.12. The Labute approximate surface area is 133 Å². The lowest BCUT2D eigenvalue weighted by Crippen LogP contribution is -2.28. The number of para-hydroxylation sites is 1. The molecular weight excluding hydrogens is 280 g/mol. The molecule has 0 unspecified atom stereocenters. The summed E-state index contributed by atoms with van der Waals surface area (Å²) in [6.07, 6.45) is 6.48. The highest BCUT2D eigenvalue weighted by Gasteiger charge is 2.36. The van der Waals surface area contributed by atoms with Crippen molar-refractivity contribution < 1.29 is 0 Å². The Hall–Kier alpha value is -0.730. The Morgan fingerprint density at radius 2 is 2.05 bits per heavy atom. The van der Waals surface area contributed by atoms with E-state index in [2.05, 4.69) is 36.2 Å². The SMILES string of the molecule is CCC1(CC)CCN(c2c(Cl)cccc2CNC2CC2)C1. The van der Waals surface area contributed by atoms with Crippen LogP contribution in [-0.2, 0) is 6.54 Å². The van der Waals surface area contributed by atoms with E-state index in [1.54, 1.807) is 0 Å². The Morgan fingerprint density at radius 3 is 2.67 bits per heavy atom. The molecule has 1 saturated heterocycles. The lowest BCUT2D eigenvalue weighted by molar-refractivity contribution is 0.301. The highest BCUT2D eigenvalue weighted by atomic mass is 35.5. The van der Waals surface area contributed by atoms with Gasteiger partial charge in [-0.2, -0.15) is 0 Å². The largest absolute Gasteiger partial charge is 0.369 e. The van der Waals surface area contributed by atoms with Crippen LogP contribution in [0.25, 0.3) is 0 Å². The molecule has 1 aromatic carbocycles. The zero-order valence-electron chi connectivity index (χ0n) is 13.3. The minimum atomic E-state index is 0.486. The van der Waals surface area contributed by atoms with E-state index >= 15 is 0 Å². The van der Waals surface area contributed by atoms with Gasteiger partial charge < -0.3 is 10.2 Å². The molecule has 0 spiro atoms. The summed E-state index contributed by atoms with van der Waals surface area (Å²) in [5.74, 6) is 0. The van der Waals surface area contributed by atoms with Crippen LogP contribution in [0, 0.1) is 5.41 Å². The number of nitrogens with zero attached hydrogens (tertiary/aromatic N) is 1. The fourth-order valence-corrected chi connectivity index (χ4v) is 3.87. The molecule has 0 aromatic heterocycles. The van der Waals surface area contributed by atoms with Crippen LogP contribution < -0.4 is 10.2 Å².